The van der Waals surface area contributed by atoms with E-state index in [4.69, 9.17) is 0 Å². The number of pyridine rings is 1. The molecule has 1 N–H and O–H groups in total. The number of amides is 1. The Kier molecular flexibility index (Phi) is 9.19. The first-order valence-corrected chi connectivity index (χ1v) is 16.6. The highest BCUT2D eigenvalue weighted by Gasteiger charge is 2.44. The van der Waals surface area contributed by atoms with Gasteiger partial charge in [0.15, 0.2) is 0 Å². The Hall–Kier alpha value is -4.35. The maximum absolute atomic E-state index is 14.5. The van der Waals surface area contributed by atoms with E-state index in [1.54, 1.807) is 30.3 Å². The van der Waals surface area contributed by atoms with Crippen molar-refractivity contribution in [2.45, 2.75) is 47.2 Å². The van der Waals surface area contributed by atoms with Crippen LogP contribution in [0.1, 0.15) is 23.4 Å². The molecule has 5 rings (SSSR count). The maximum Gasteiger partial charge on any atom is 0.433 e. The molecule has 2 aromatic carbocycles. The molecule has 17 heteroatoms. The zero-order chi connectivity index (χ0) is 33.3. The molecule has 2 atom stereocenters. The molecular weight excluding hydrogens is 657 g/mol. The fourth-order valence-electron chi connectivity index (χ4n) is 4.72. The lowest BCUT2D eigenvalue weighted by atomic mass is 10.1. The number of halogens is 5. The number of carbonyl (C=O) groups is 1. The normalized spacial score (nSPS) is 17.6. The van der Waals surface area contributed by atoms with Crippen molar-refractivity contribution in [3.05, 3.63) is 102 Å². The fraction of sp³-hybridized carbons (Fsp3) is 0.241. The van der Waals surface area contributed by atoms with Gasteiger partial charge in [0, 0.05) is 24.7 Å². The standard InChI is InChI=1S/C29H24F5N5O5S2/c30-20-7-9-23(10-8-20)46(43,44)39-16-21(31)12-25(39)27(40)36-15-22-13-24(19-6-11-26(35-14-19)29(32,33)34)38-28(37-22)45(41,42)17-18-4-2-1-3-5-18/h1-11,13-14,21,25H,12,15-17H2,(H,36,40). The van der Waals surface area contributed by atoms with Gasteiger partial charge in [0.05, 0.1) is 28.6 Å². The number of rotatable bonds is 9. The molecule has 1 saturated heterocycles. The Morgan fingerprint density at radius 3 is 2.28 bits per heavy atom. The monoisotopic (exact) mass is 681 g/mol. The SMILES string of the molecule is O=C(NCc1cc(-c2ccc(C(F)(F)F)nc2)nc(S(=O)(=O)Cc2ccccc2)n1)C1CC(F)CN1S(=O)(=O)c1ccc(F)cc1. The summed E-state index contributed by atoms with van der Waals surface area (Å²) in [4.78, 5) is 24.4. The van der Waals surface area contributed by atoms with E-state index < -0.39 is 86.1 Å². The summed E-state index contributed by atoms with van der Waals surface area (Å²) >= 11 is 0. The number of nitrogens with one attached hydrogen (secondary N) is 1. The van der Waals surface area contributed by atoms with Crippen molar-refractivity contribution < 1.29 is 43.6 Å². The second kappa shape index (κ2) is 12.8. The van der Waals surface area contributed by atoms with Gasteiger partial charge in [-0.05, 0) is 48.0 Å². The molecule has 10 nitrogen and oxygen atoms in total. The number of nitrogens with zero attached hydrogens (tertiary/aromatic N) is 4. The third-order valence-electron chi connectivity index (χ3n) is 6.96. The Bertz CT molecular complexity index is 1950. The molecule has 3 heterocycles. The van der Waals surface area contributed by atoms with Crippen molar-refractivity contribution in [1.82, 2.24) is 24.6 Å². The van der Waals surface area contributed by atoms with Crippen LogP contribution in [-0.2, 0) is 43.1 Å². The van der Waals surface area contributed by atoms with Gasteiger partial charge < -0.3 is 5.32 Å². The van der Waals surface area contributed by atoms with Crippen molar-refractivity contribution in [2.24, 2.45) is 0 Å². The second-order valence-corrected chi connectivity index (χ2v) is 14.1. The highest BCUT2D eigenvalue weighted by Crippen LogP contribution is 2.30. The van der Waals surface area contributed by atoms with Gasteiger partial charge in [-0.3, -0.25) is 9.78 Å². The summed E-state index contributed by atoms with van der Waals surface area (Å²) in [6, 6.07) is 13.3. The highest BCUT2D eigenvalue weighted by atomic mass is 32.2. The molecule has 1 amide bonds. The molecule has 1 aliphatic rings. The van der Waals surface area contributed by atoms with Crippen LogP contribution in [-0.4, -0.2) is 60.8 Å². The van der Waals surface area contributed by atoms with Gasteiger partial charge in [-0.2, -0.15) is 17.5 Å². The molecule has 2 aromatic heterocycles. The number of sulfone groups is 1. The zero-order valence-electron chi connectivity index (χ0n) is 23.5. The Morgan fingerprint density at radius 2 is 1.65 bits per heavy atom. The lowest BCUT2D eigenvalue weighted by molar-refractivity contribution is -0.141. The van der Waals surface area contributed by atoms with E-state index in [0.29, 0.717) is 15.9 Å². The zero-order valence-corrected chi connectivity index (χ0v) is 25.2. The summed E-state index contributed by atoms with van der Waals surface area (Å²) in [5, 5.41) is 1.76. The molecule has 0 aliphatic carbocycles. The lowest BCUT2D eigenvalue weighted by Gasteiger charge is -2.23. The van der Waals surface area contributed by atoms with E-state index in [-0.39, 0.29) is 21.8 Å². The summed E-state index contributed by atoms with van der Waals surface area (Å²) < 4.78 is 121. The molecule has 1 aliphatic heterocycles. The molecule has 2 unspecified atom stereocenters. The number of hydrogen-bond donors (Lipinski definition) is 1. The van der Waals surface area contributed by atoms with Crippen LogP contribution >= 0.6 is 0 Å². The smallest absolute Gasteiger partial charge is 0.349 e. The van der Waals surface area contributed by atoms with Crippen LogP contribution < -0.4 is 5.32 Å². The average Bonchev–Trinajstić information content (AvgIpc) is 3.42. The third-order valence-corrected chi connectivity index (χ3v) is 10.3. The third kappa shape index (κ3) is 7.37. The minimum Gasteiger partial charge on any atom is -0.349 e. The molecular formula is C29H24F5N5O5S2. The van der Waals surface area contributed by atoms with Gasteiger partial charge in [-0.1, -0.05) is 30.3 Å². The van der Waals surface area contributed by atoms with Crippen molar-refractivity contribution in [3.8, 4) is 11.3 Å². The average molecular weight is 682 g/mol. The largest absolute Gasteiger partial charge is 0.433 e. The first-order valence-electron chi connectivity index (χ1n) is 13.5. The van der Waals surface area contributed by atoms with E-state index in [2.05, 4.69) is 20.3 Å². The number of aromatic nitrogens is 3. The summed E-state index contributed by atoms with van der Waals surface area (Å²) in [6.07, 6.45) is -6.02. The molecule has 0 saturated carbocycles. The van der Waals surface area contributed by atoms with Crippen molar-refractivity contribution in [3.63, 3.8) is 0 Å². The van der Waals surface area contributed by atoms with Crippen LogP contribution in [0, 0.1) is 5.82 Å². The van der Waals surface area contributed by atoms with Crippen LogP contribution in [0.3, 0.4) is 0 Å². The summed E-state index contributed by atoms with van der Waals surface area (Å²) in [5.41, 5.74) is -0.957. The van der Waals surface area contributed by atoms with Crippen LogP contribution in [0.5, 0.6) is 0 Å². The van der Waals surface area contributed by atoms with E-state index in [9.17, 15) is 43.6 Å². The topological polar surface area (TPSA) is 139 Å². The number of hydrogen-bond acceptors (Lipinski definition) is 8. The second-order valence-electron chi connectivity index (χ2n) is 10.3. The number of benzene rings is 2. The van der Waals surface area contributed by atoms with Crippen LogP contribution in [0.25, 0.3) is 11.3 Å². The first-order chi connectivity index (χ1) is 21.6. The summed E-state index contributed by atoms with van der Waals surface area (Å²) in [5.74, 6) is -2.12. The van der Waals surface area contributed by atoms with Crippen molar-refractivity contribution in [1.29, 1.82) is 0 Å². The number of sulfonamides is 1. The number of carbonyl (C=O) groups excluding carboxylic acids is 1. The molecule has 242 valence electrons. The molecule has 1 fully saturated rings. The summed E-state index contributed by atoms with van der Waals surface area (Å²) in [7, 11) is -8.62. The Morgan fingerprint density at radius 1 is 0.957 bits per heavy atom. The minimum absolute atomic E-state index is 0.0202. The lowest BCUT2D eigenvalue weighted by Crippen LogP contribution is -2.45. The Balaban J connectivity index is 1.44. The van der Waals surface area contributed by atoms with Crippen LogP contribution in [0.15, 0.2) is 89.0 Å². The fourth-order valence-corrected chi connectivity index (χ4v) is 7.60. The van der Waals surface area contributed by atoms with Crippen LogP contribution in [0.2, 0.25) is 0 Å². The van der Waals surface area contributed by atoms with Gasteiger partial charge in [0.1, 0.15) is 23.7 Å². The van der Waals surface area contributed by atoms with Gasteiger partial charge in [-0.15, -0.1) is 0 Å². The van der Waals surface area contributed by atoms with Crippen LogP contribution in [0.4, 0.5) is 22.0 Å². The van der Waals surface area contributed by atoms with E-state index in [1.165, 1.54) is 6.07 Å². The van der Waals surface area contributed by atoms with Gasteiger partial charge in [-0.25, -0.2) is 35.6 Å². The quantitative estimate of drug-likeness (QED) is 0.206. The minimum atomic E-state index is -4.72. The number of alkyl halides is 4. The maximum atomic E-state index is 14.5. The Labute approximate surface area is 260 Å². The molecule has 46 heavy (non-hydrogen) atoms. The molecule has 0 bridgehead atoms. The van der Waals surface area contributed by atoms with E-state index in [0.717, 1.165) is 36.5 Å². The predicted octanol–water partition coefficient (Wildman–Crippen LogP) is 4.09. The molecule has 0 radical (unpaired) electrons. The molecule has 4 aromatic rings. The highest BCUT2D eigenvalue weighted by molar-refractivity contribution is 7.90. The van der Waals surface area contributed by atoms with Gasteiger partial charge in [0.25, 0.3) is 0 Å². The predicted molar refractivity (Wildman–Crippen MR) is 153 cm³/mol. The van der Waals surface area contributed by atoms with Crippen molar-refractivity contribution in [2.75, 3.05) is 6.54 Å². The van der Waals surface area contributed by atoms with E-state index >= 15 is 0 Å². The molecule has 0 spiro atoms. The van der Waals surface area contributed by atoms with Gasteiger partial charge in [0.2, 0.25) is 30.9 Å². The summed E-state index contributed by atoms with van der Waals surface area (Å²) in [6.45, 7) is -1.10. The van der Waals surface area contributed by atoms with E-state index in [1.807, 2.05) is 0 Å². The van der Waals surface area contributed by atoms with Gasteiger partial charge >= 0.3 is 6.18 Å². The first kappa shape index (κ1) is 33.0. The van der Waals surface area contributed by atoms with Crippen molar-refractivity contribution >= 4 is 25.8 Å².